The van der Waals surface area contributed by atoms with Crippen molar-refractivity contribution in [2.45, 2.75) is 43.4 Å². The number of fused-ring (bicyclic) bond motifs is 2. The van der Waals surface area contributed by atoms with Crippen molar-refractivity contribution in [2.24, 2.45) is 0 Å². The minimum Gasteiger partial charge on any atom is -0.315 e. The zero-order valence-corrected chi connectivity index (χ0v) is 17.1. The van der Waals surface area contributed by atoms with Crippen molar-refractivity contribution in [2.75, 3.05) is 22.5 Å². The number of benzene rings is 1. The van der Waals surface area contributed by atoms with Crippen LogP contribution in [0.3, 0.4) is 0 Å². The van der Waals surface area contributed by atoms with Crippen LogP contribution in [0.25, 0.3) is 0 Å². The number of para-hydroxylation sites is 1. The second-order valence-electron chi connectivity index (χ2n) is 7.02. The van der Waals surface area contributed by atoms with Crippen molar-refractivity contribution in [1.29, 1.82) is 5.26 Å². The van der Waals surface area contributed by atoms with Crippen molar-refractivity contribution in [3.05, 3.63) is 40.3 Å². The largest absolute Gasteiger partial charge is 0.315 e. The predicted octanol–water partition coefficient (Wildman–Crippen LogP) is 4.36. The molecule has 0 unspecified atom stereocenters. The molecule has 0 saturated heterocycles. The molecule has 1 aromatic heterocycles. The highest BCUT2D eigenvalue weighted by Gasteiger charge is 2.27. The Kier molecular flexibility index (Phi) is 5.69. The van der Waals surface area contributed by atoms with Crippen molar-refractivity contribution in [1.82, 2.24) is 0 Å². The lowest BCUT2D eigenvalue weighted by Gasteiger charge is -2.28. The van der Waals surface area contributed by atoms with Crippen LogP contribution in [-0.2, 0) is 22.4 Å². The maximum Gasteiger partial charge on any atom is 0.245 e. The molecule has 28 heavy (non-hydrogen) atoms. The van der Waals surface area contributed by atoms with Gasteiger partial charge in [0.2, 0.25) is 11.8 Å². The van der Waals surface area contributed by atoms with Crippen LogP contribution in [0.5, 0.6) is 0 Å². The highest BCUT2D eigenvalue weighted by atomic mass is 32.2. The quantitative estimate of drug-likeness (QED) is 0.815. The Labute approximate surface area is 172 Å². The maximum atomic E-state index is 12.7. The average molecular weight is 412 g/mol. The van der Waals surface area contributed by atoms with Crippen LogP contribution < -0.4 is 10.2 Å². The average Bonchev–Trinajstić information content (AvgIpc) is 2.99. The SMILES string of the molecule is N#Cc1c(NC(=O)CN2C(=O)CSc3ccccc32)sc2c1CCCCCC2. The van der Waals surface area contributed by atoms with Gasteiger partial charge < -0.3 is 10.2 Å². The Balaban J connectivity index is 1.54. The highest BCUT2D eigenvalue weighted by molar-refractivity contribution is 8.00. The number of nitriles is 1. The van der Waals surface area contributed by atoms with Crippen LogP contribution in [0.4, 0.5) is 10.7 Å². The summed E-state index contributed by atoms with van der Waals surface area (Å²) in [5.74, 6) is -0.000285. The summed E-state index contributed by atoms with van der Waals surface area (Å²) in [6, 6.07) is 9.93. The molecule has 1 N–H and O–H groups in total. The Hall–Kier alpha value is -2.30. The summed E-state index contributed by atoms with van der Waals surface area (Å²) in [6.45, 7) is -0.0379. The van der Waals surface area contributed by atoms with Gasteiger partial charge >= 0.3 is 0 Å². The molecule has 1 aromatic carbocycles. The first-order valence-electron chi connectivity index (χ1n) is 9.54. The lowest BCUT2D eigenvalue weighted by atomic mass is 9.97. The molecule has 5 nitrogen and oxygen atoms in total. The number of carbonyl (C=O) groups is 2. The smallest absolute Gasteiger partial charge is 0.245 e. The maximum absolute atomic E-state index is 12.7. The first-order valence-corrected chi connectivity index (χ1v) is 11.3. The van der Waals surface area contributed by atoms with E-state index in [1.165, 1.54) is 45.7 Å². The zero-order chi connectivity index (χ0) is 19.5. The molecule has 0 spiro atoms. The minimum absolute atomic E-state index is 0.0379. The van der Waals surface area contributed by atoms with E-state index >= 15 is 0 Å². The second kappa shape index (κ2) is 8.38. The number of nitrogens with one attached hydrogen (secondary N) is 1. The number of anilines is 2. The molecular formula is C21H21N3O2S2. The number of nitrogens with zero attached hydrogens (tertiary/aromatic N) is 2. The third-order valence-corrected chi connectivity index (χ3v) is 7.40. The molecule has 0 fully saturated rings. The van der Waals surface area contributed by atoms with Crippen LogP contribution in [0.2, 0.25) is 0 Å². The lowest BCUT2D eigenvalue weighted by molar-refractivity contribution is -0.120. The number of carbonyl (C=O) groups excluding carboxylic acids is 2. The van der Waals surface area contributed by atoms with E-state index in [-0.39, 0.29) is 18.4 Å². The number of thiophene rings is 1. The minimum atomic E-state index is -0.263. The topological polar surface area (TPSA) is 73.2 Å². The van der Waals surface area contributed by atoms with Gasteiger partial charge in [0.25, 0.3) is 0 Å². The number of rotatable bonds is 3. The van der Waals surface area contributed by atoms with Crippen molar-refractivity contribution in [3.63, 3.8) is 0 Å². The molecule has 0 bridgehead atoms. The van der Waals surface area contributed by atoms with Crippen LogP contribution in [0.1, 0.15) is 41.7 Å². The van der Waals surface area contributed by atoms with E-state index in [1.807, 2.05) is 24.3 Å². The van der Waals surface area contributed by atoms with E-state index in [2.05, 4.69) is 11.4 Å². The molecule has 144 valence electrons. The first kappa shape index (κ1) is 19.0. The van der Waals surface area contributed by atoms with E-state index in [4.69, 9.17) is 0 Å². The monoisotopic (exact) mass is 411 g/mol. The van der Waals surface area contributed by atoms with Gasteiger partial charge in [-0.3, -0.25) is 9.59 Å². The first-order chi connectivity index (χ1) is 13.7. The Morgan fingerprint density at radius 1 is 1.18 bits per heavy atom. The fraction of sp³-hybridized carbons (Fsp3) is 0.381. The molecule has 1 aliphatic carbocycles. The van der Waals surface area contributed by atoms with Crippen LogP contribution in [0.15, 0.2) is 29.2 Å². The van der Waals surface area contributed by atoms with Crippen molar-refractivity contribution >= 4 is 45.6 Å². The van der Waals surface area contributed by atoms with Gasteiger partial charge in [0.15, 0.2) is 0 Å². The van der Waals surface area contributed by atoms with Crippen LogP contribution in [-0.4, -0.2) is 24.1 Å². The summed E-state index contributed by atoms with van der Waals surface area (Å²) in [6.07, 6.45) is 6.50. The molecule has 2 heterocycles. The van der Waals surface area contributed by atoms with E-state index in [9.17, 15) is 14.9 Å². The summed E-state index contributed by atoms with van der Waals surface area (Å²) >= 11 is 3.02. The molecule has 0 saturated carbocycles. The molecule has 2 aromatic rings. The number of hydrogen-bond donors (Lipinski definition) is 1. The van der Waals surface area contributed by atoms with Gasteiger partial charge in [0, 0.05) is 9.77 Å². The van der Waals surface area contributed by atoms with E-state index in [1.54, 1.807) is 0 Å². The summed E-state index contributed by atoms with van der Waals surface area (Å²) in [7, 11) is 0. The lowest BCUT2D eigenvalue weighted by Crippen LogP contribution is -2.41. The second-order valence-corrected chi connectivity index (χ2v) is 9.14. The highest BCUT2D eigenvalue weighted by Crippen LogP contribution is 2.37. The summed E-state index contributed by atoms with van der Waals surface area (Å²) in [5, 5.41) is 13.2. The summed E-state index contributed by atoms with van der Waals surface area (Å²) in [5.41, 5.74) is 2.49. The summed E-state index contributed by atoms with van der Waals surface area (Å²) in [4.78, 5) is 28.9. The standard InChI is InChI=1S/C21H21N3O2S2/c22-11-15-14-7-3-1-2-4-9-17(14)28-21(15)23-19(25)12-24-16-8-5-6-10-18(16)27-13-20(24)26/h5-6,8,10H,1-4,7,9,12-13H2,(H,23,25). The third-order valence-electron chi connectivity index (χ3n) is 5.15. The fourth-order valence-electron chi connectivity index (χ4n) is 3.76. The molecule has 1 aliphatic heterocycles. The molecule has 0 radical (unpaired) electrons. The van der Waals surface area contributed by atoms with E-state index in [0.29, 0.717) is 16.3 Å². The van der Waals surface area contributed by atoms with Gasteiger partial charge in [-0.05, 0) is 43.4 Å². The summed E-state index contributed by atoms with van der Waals surface area (Å²) < 4.78 is 0. The van der Waals surface area contributed by atoms with Gasteiger partial charge in [-0.1, -0.05) is 25.0 Å². The Morgan fingerprint density at radius 3 is 2.79 bits per heavy atom. The molecular weight excluding hydrogens is 390 g/mol. The van der Waals surface area contributed by atoms with Gasteiger partial charge in [0.1, 0.15) is 17.6 Å². The van der Waals surface area contributed by atoms with E-state index < -0.39 is 0 Å². The number of aryl methyl sites for hydroxylation is 1. The molecule has 4 rings (SSSR count). The van der Waals surface area contributed by atoms with Gasteiger partial charge in [-0.2, -0.15) is 5.26 Å². The number of amides is 2. The predicted molar refractivity (Wildman–Crippen MR) is 113 cm³/mol. The normalized spacial score (nSPS) is 16.4. The number of hydrogen-bond acceptors (Lipinski definition) is 5. The van der Waals surface area contributed by atoms with Gasteiger partial charge in [-0.15, -0.1) is 23.1 Å². The Bertz CT molecular complexity index is 961. The van der Waals surface area contributed by atoms with Crippen LogP contribution >= 0.6 is 23.1 Å². The third kappa shape index (κ3) is 3.80. The van der Waals surface area contributed by atoms with Crippen molar-refractivity contribution in [3.8, 4) is 6.07 Å². The molecule has 0 atom stereocenters. The van der Waals surface area contributed by atoms with Crippen molar-refractivity contribution < 1.29 is 9.59 Å². The number of thioether (sulfide) groups is 1. The molecule has 2 amide bonds. The van der Waals surface area contributed by atoms with Crippen LogP contribution in [0, 0.1) is 11.3 Å². The molecule has 2 aliphatic rings. The van der Waals surface area contributed by atoms with Gasteiger partial charge in [-0.25, -0.2) is 0 Å². The van der Waals surface area contributed by atoms with E-state index in [0.717, 1.165) is 41.8 Å². The zero-order valence-electron chi connectivity index (χ0n) is 15.5. The molecule has 7 heteroatoms. The fourth-order valence-corrected chi connectivity index (χ4v) is 5.95. The Morgan fingerprint density at radius 2 is 1.96 bits per heavy atom. The van der Waals surface area contributed by atoms with Gasteiger partial charge in [0.05, 0.1) is 17.0 Å².